The van der Waals surface area contributed by atoms with E-state index in [9.17, 15) is 18.8 Å². The van der Waals surface area contributed by atoms with Crippen molar-refractivity contribution in [3.05, 3.63) is 76.8 Å². The first kappa shape index (κ1) is 22.1. The molecule has 31 heavy (non-hydrogen) atoms. The standard InChI is InChI=1S/C21H18ClFN4O4/c1-2-31-21(30)19(20(29)13-7-9-14(22)10-8-13)24-18(28)11-15-12-27(26-25-15)17-6-4-3-5-16(17)23/h3-10,12,19H,2,11H2,1H3,(H,24,28). The molecule has 3 rings (SSSR count). The van der Waals surface area contributed by atoms with E-state index in [4.69, 9.17) is 16.3 Å². The molecule has 0 spiro atoms. The molecule has 0 aliphatic carbocycles. The van der Waals surface area contributed by atoms with Crippen LogP contribution in [0.2, 0.25) is 5.02 Å². The molecule has 0 saturated heterocycles. The van der Waals surface area contributed by atoms with Gasteiger partial charge in [0.2, 0.25) is 5.91 Å². The first-order chi connectivity index (χ1) is 14.9. The van der Waals surface area contributed by atoms with Crippen LogP contribution < -0.4 is 5.32 Å². The molecule has 10 heteroatoms. The van der Waals surface area contributed by atoms with E-state index < -0.39 is 29.5 Å². The lowest BCUT2D eigenvalue weighted by Gasteiger charge is -2.16. The predicted molar refractivity (Wildman–Crippen MR) is 109 cm³/mol. The topological polar surface area (TPSA) is 103 Å². The molecule has 0 aliphatic heterocycles. The maximum absolute atomic E-state index is 13.9. The minimum absolute atomic E-state index is 0.0378. The van der Waals surface area contributed by atoms with Crippen LogP contribution in [-0.2, 0) is 20.7 Å². The van der Waals surface area contributed by atoms with E-state index in [2.05, 4.69) is 15.6 Å². The number of hydrogen-bond donors (Lipinski definition) is 1. The summed E-state index contributed by atoms with van der Waals surface area (Å²) in [6.07, 6.45) is 1.11. The zero-order valence-corrected chi connectivity index (χ0v) is 17.2. The van der Waals surface area contributed by atoms with Gasteiger partial charge in [-0.15, -0.1) is 5.10 Å². The van der Waals surface area contributed by atoms with Crippen LogP contribution in [0.15, 0.2) is 54.7 Å². The van der Waals surface area contributed by atoms with Gasteiger partial charge in [-0.3, -0.25) is 9.59 Å². The zero-order chi connectivity index (χ0) is 22.4. The molecule has 160 valence electrons. The van der Waals surface area contributed by atoms with E-state index in [1.165, 1.54) is 53.3 Å². The van der Waals surface area contributed by atoms with E-state index in [1.54, 1.807) is 13.0 Å². The Morgan fingerprint density at radius 3 is 2.55 bits per heavy atom. The third kappa shape index (κ3) is 5.52. The van der Waals surface area contributed by atoms with E-state index in [0.717, 1.165) is 0 Å². The highest BCUT2D eigenvalue weighted by molar-refractivity contribution is 6.30. The number of Topliss-reactive ketones (excluding diaryl/α,β-unsaturated/α-hetero) is 1. The largest absolute Gasteiger partial charge is 0.464 e. The number of ether oxygens (including phenoxy) is 1. The van der Waals surface area contributed by atoms with Crippen molar-refractivity contribution >= 4 is 29.3 Å². The van der Waals surface area contributed by atoms with Crippen molar-refractivity contribution in [2.24, 2.45) is 0 Å². The number of halogens is 2. The van der Waals surface area contributed by atoms with Crippen LogP contribution >= 0.6 is 11.6 Å². The van der Waals surface area contributed by atoms with Gasteiger partial charge >= 0.3 is 5.97 Å². The van der Waals surface area contributed by atoms with Crippen molar-refractivity contribution in [3.8, 4) is 5.69 Å². The normalized spacial score (nSPS) is 11.6. The lowest BCUT2D eigenvalue weighted by molar-refractivity contribution is -0.145. The average molecular weight is 445 g/mol. The summed E-state index contributed by atoms with van der Waals surface area (Å²) in [4.78, 5) is 37.5. The summed E-state index contributed by atoms with van der Waals surface area (Å²) in [6, 6.07) is 10.3. The Labute approximate surface area is 182 Å². The number of amides is 1. The highest BCUT2D eigenvalue weighted by atomic mass is 35.5. The summed E-state index contributed by atoms with van der Waals surface area (Å²) in [5.74, 6) is -2.68. The molecule has 0 aliphatic rings. The summed E-state index contributed by atoms with van der Waals surface area (Å²) >= 11 is 5.83. The third-order valence-electron chi connectivity index (χ3n) is 4.20. The molecule has 8 nitrogen and oxygen atoms in total. The summed E-state index contributed by atoms with van der Waals surface area (Å²) in [5.41, 5.74) is 0.583. The fourth-order valence-electron chi connectivity index (χ4n) is 2.75. The van der Waals surface area contributed by atoms with Gasteiger partial charge in [-0.1, -0.05) is 28.9 Å². The second-order valence-corrected chi connectivity index (χ2v) is 6.84. The summed E-state index contributed by atoms with van der Waals surface area (Å²) in [7, 11) is 0. The van der Waals surface area contributed by atoms with Gasteiger partial charge < -0.3 is 10.1 Å². The van der Waals surface area contributed by atoms with Gasteiger partial charge in [0.1, 0.15) is 11.5 Å². The van der Waals surface area contributed by atoms with Crippen LogP contribution in [0.4, 0.5) is 4.39 Å². The van der Waals surface area contributed by atoms with Crippen LogP contribution in [0.1, 0.15) is 23.0 Å². The summed E-state index contributed by atoms with van der Waals surface area (Å²) in [5, 5.41) is 10.5. The Kier molecular flexibility index (Phi) is 7.09. The van der Waals surface area contributed by atoms with Crippen LogP contribution in [0.3, 0.4) is 0 Å². The number of carbonyl (C=O) groups excluding carboxylic acids is 3. The van der Waals surface area contributed by atoms with Crippen molar-refractivity contribution in [3.63, 3.8) is 0 Å². The molecule has 0 bridgehead atoms. The lowest BCUT2D eigenvalue weighted by Crippen LogP contribution is -2.48. The Bertz CT molecular complexity index is 1100. The Hall–Kier alpha value is -3.59. The lowest BCUT2D eigenvalue weighted by atomic mass is 10.0. The smallest absolute Gasteiger partial charge is 0.336 e. The molecular formula is C21H18ClFN4O4. The van der Waals surface area contributed by atoms with Crippen LogP contribution in [0.5, 0.6) is 0 Å². The van der Waals surface area contributed by atoms with Gasteiger partial charge in [0.15, 0.2) is 11.8 Å². The Balaban J connectivity index is 1.73. The van der Waals surface area contributed by atoms with Crippen molar-refractivity contribution in [2.75, 3.05) is 6.61 Å². The molecule has 2 aromatic carbocycles. The maximum atomic E-state index is 13.9. The molecule has 3 aromatic rings. The van der Waals surface area contributed by atoms with Gasteiger partial charge in [-0.2, -0.15) is 0 Å². The minimum atomic E-state index is -1.53. The quantitative estimate of drug-likeness (QED) is 0.325. The van der Waals surface area contributed by atoms with Gasteiger partial charge in [-0.05, 0) is 43.3 Å². The zero-order valence-electron chi connectivity index (χ0n) is 16.4. The number of carbonyl (C=O) groups is 3. The maximum Gasteiger partial charge on any atom is 0.336 e. The molecule has 1 unspecified atom stereocenters. The van der Waals surface area contributed by atoms with Crippen molar-refractivity contribution < 1.29 is 23.5 Å². The van der Waals surface area contributed by atoms with Crippen LogP contribution in [0, 0.1) is 5.82 Å². The number of para-hydroxylation sites is 1. The third-order valence-corrected chi connectivity index (χ3v) is 4.45. The highest BCUT2D eigenvalue weighted by Crippen LogP contribution is 2.13. The molecule has 0 fully saturated rings. The minimum Gasteiger partial charge on any atom is -0.464 e. The number of hydrogen-bond acceptors (Lipinski definition) is 6. The molecule has 1 amide bonds. The average Bonchev–Trinajstić information content (AvgIpc) is 3.20. The molecule has 1 N–H and O–H groups in total. The Morgan fingerprint density at radius 2 is 1.87 bits per heavy atom. The molecule has 1 aromatic heterocycles. The van der Waals surface area contributed by atoms with Gasteiger partial charge in [0, 0.05) is 10.6 Å². The van der Waals surface area contributed by atoms with Crippen molar-refractivity contribution in [1.82, 2.24) is 20.3 Å². The number of nitrogens with zero attached hydrogens (tertiary/aromatic N) is 3. The van der Waals surface area contributed by atoms with E-state index in [-0.39, 0.29) is 30.0 Å². The molecular weight excluding hydrogens is 427 g/mol. The number of esters is 1. The number of rotatable bonds is 8. The SMILES string of the molecule is CCOC(=O)C(NC(=O)Cc1cn(-c2ccccc2F)nn1)C(=O)c1ccc(Cl)cc1. The molecule has 0 radical (unpaired) electrons. The Morgan fingerprint density at radius 1 is 1.16 bits per heavy atom. The fraction of sp³-hybridized carbons (Fsp3) is 0.190. The number of aromatic nitrogens is 3. The van der Waals surface area contributed by atoms with Gasteiger partial charge in [0.05, 0.1) is 24.9 Å². The molecule has 0 saturated carbocycles. The molecule has 1 heterocycles. The second-order valence-electron chi connectivity index (χ2n) is 6.41. The number of benzene rings is 2. The monoisotopic (exact) mass is 444 g/mol. The fourth-order valence-corrected chi connectivity index (χ4v) is 2.88. The van der Waals surface area contributed by atoms with Crippen LogP contribution in [-0.4, -0.2) is 45.3 Å². The summed E-state index contributed by atoms with van der Waals surface area (Å²) in [6.45, 7) is 1.63. The van der Waals surface area contributed by atoms with Crippen molar-refractivity contribution in [1.29, 1.82) is 0 Å². The highest BCUT2D eigenvalue weighted by Gasteiger charge is 2.31. The van der Waals surface area contributed by atoms with E-state index >= 15 is 0 Å². The van der Waals surface area contributed by atoms with Crippen LogP contribution in [0.25, 0.3) is 5.69 Å². The predicted octanol–water partition coefficient (Wildman–Crippen LogP) is 2.53. The van der Waals surface area contributed by atoms with E-state index in [0.29, 0.717) is 5.02 Å². The number of ketones is 1. The number of nitrogens with one attached hydrogen (secondary N) is 1. The first-order valence-corrected chi connectivity index (χ1v) is 9.68. The van der Waals surface area contributed by atoms with Gasteiger partial charge in [-0.25, -0.2) is 13.9 Å². The molecule has 1 atom stereocenters. The first-order valence-electron chi connectivity index (χ1n) is 9.31. The van der Waals surface area contributed by atoms with Crippen molar-refractivity contribution in [2.45, 2.75) is 19.4 Å². The second kappa shape index (κ2) is 9.94. The summed E-state index contributed by atoms with van der Waals surface area (Å²) < 4.78 is 20.0. The van der Waals surface area contributed by atoms with Gasteiger partial charge in [0.25, 0.3) is 0 Å². The van der Waals surface area contributed by atoms with E-state index in [1.807, 2.05) is 0 Å².